The molecule has 1 N–H and O–H groups in total. The average molecular weight is 286 g/mol. The summed E-state index contributed by atoms with van der Waals surface area (Å²) in [4.78, 5) is 19.3. The minimum atomic E-state index is -0.147. The van der Waals surface area contributed by atoms with Crippen LogP contribution in [0.3, 0.4) is 0 Å². The molecule has 0 saturated heterocycles. The molecular formula is C14H14N4OS. The third-order valence-corrected chi connectivity index (χ3v) is 3.80. The van der Waals surface area contributed by atoms with E-state index < -0.39 is 0 Å². The quantitative estimate of drug-likeness (QED) is 0.593. The number of benzene rings is 1. The molecule has 0 atom stereocenters. The molecule has 20 heavy (non-hydrogen) atoms. The fourth-order valence-electron chi connectivity index (χ4n) is 2.08. The topological polar surface area (TPSA) is 63.6 Å². The van der Waals surface area contributed by atoms with Crippen molar-refractivity contribution >= 4 is 22.8 Å². The minimum absolute atomic E-state index is 0.147. The highest BCUT2D eigenvalue weighted by Gasteiger charge is 2.12. The molecule has 0 saturated carbocycles. The molecule has 3 rings (SSSR count). The van der Waals surface area contributed by atoms with Crippen LogP contribution < -0.4 is 5.56 Å². The Kier molecular flexibility index (Phi) is 3.31. The maximum absolute atomic E-state index is 12.0. The predicted octanol–water partition coefficient (Wildman–Crippen LogP) is 2.53. The fraction of sp³-hybridized carbons (Fsp3) is 0.214. The van der Waals surface area contributed by atoms with Crippen molar-refractivity contribution in [2.75, 3.05) is 5.75 Å². The molecule has 2 heterocycles. The number of fused-ring (bicyclic) bond motifs is 1. The van der Waals surface area contributed by atoms with Crippen LogP contribution >= 0.6 is 11.8 Å². The maximum atomic E-state index is 12.0. The Morgan fingerprint density at radius 2 is 2.15 bits per heavy atom. The number of thioether (sulfide) groups is 1. The minimum Gasteiger partial charge on any atom is -0.301 e. The fourth-order valence-corrected chi connectivity index (χ4v) is 2.67. The normalized spacial score (nSPS) is 11.1. The summed E-state index contributed by atoms with van der Waals surface area (Å²) in [6.07, 6.45) is 1.56. The second kappa shape index (κ2) is 5.13. The van der Waals surface area contributed by atoms with Crippen LogP contribution in [0.15, 0.2) is 40.4 Å². The van der Waals surface area contributed by atoms with Crippen molar-refractivity contribution in [1.29, 1.82) is 0 Å². The molecule has 0 aliphatic carbocycles. The number of aromatic nitrogens is 4. The van der Waals surface area contributed by atoms with Gasteiger partial charge in [-0.05, 0) is 24.3 Å². The van der Waals surface area contributed by atoms with Gasteiger partial charge in [0.25, 0.3) is 5.56 Å². The third-order valence-electron chi connectivity index (χ3n) is 3.04. The lowest BCUT2D eigenvalue weighted by Crippen LogP contribution is -2.10. The maximum Gasteiger partial charge on any atom is 0.262 e. The molecule has 0 aliphatic rings. The number of H-pyrrole nitrogens is 1. The van der Waals surface area contributed by atoms with E-state index in [4.69, 9.17) is 0 Å². The standard InChI is InChI=1S/C14H14N4OS/c1-3-20-14-16-12-10(13(19)17-14)8-15-18(12)11-7-5-4-6-9(11)2/h4-8H,3H2,1-2H3,(H,16,17,19). The zero-order valence-corrected chi connectivity index (χ0v) is 12.1. The van der Waals surface area contributed by atoms with Crippen LogP contribution in [0.4, 0.5) is 0 Å². The number of hydrogen-bond donors (Lipinski definition) is 1. The summed E-state index contributed by atoms with van der Waals surface area (Å²) in [5.74, 6) is 0.854. The lowest BCUT2D eigenvalue weighted by atomic mass is 10.2. The molecule has 0 aliphatic heterocycles. The molecule has 2 aromatic heterocycles. The van der Waals surface area contributed by atoms with E-state index in [0.717, 1.165) is 17.0 Å². The van der Waals surface area contributed by atoms with Crippen molar-refractivity contribution in [3.63, 3.8) is 0 Å². The van der Waals surface area contributed by atoms with Crippen molar-refractivity contribution in [1.82, 2.24) is 19.7 Å². The van der Waals surface area contributed by atoms with E-state index in [0.29, 0.717) is 16.2 Å². The molecule has 102 valence electrons. The van der Waals surface area contributed by atoms with E-state index in [1.807, 2.05) is 38.1 Å². The molecule has 5 nitrogen and oxygen atoms in total. The Morgan fingerprint density at radius 1 is 1.35 bits per heavy atom. The average Bonchev–Trinajstić information content (AvgIpc) is 2.84. The number of aromatic amines is 1. The third kappa shape index (κ3) is 2.12. The van der Waals surface area contributed by atoms with E-state index in [1.165, 1.54) is 11.8 Å². The Morgan fingerprint density at radius 3 is 2.90 bits per heavy atom. The monoisotopic (exact) mass is 286 g/mol. The summed E-state index contributed by atoms with van der Waals surface area (Å²) in [5.41, 5.74) is 2.47. The summed E-state index contributed by atoms with van der Waals surface area (Å²) in [7, 11) is 0. The Labute approximate surface area is 120 Å². The van der Waals surface area contributed by atoms with Gasteiger partial charge in [-0.25, -0.2) is 9.67 Å². The first kappa shape index (κ1) is 12.9. The number of nitrogens with zero attached hydrogens (tertiary/aromatic N) is 3. The summed E-state index contributed by atoms with van der Waals surface area (Å²) >= 11 is 1.51. The van der Waals surface area contributed by atoms with Gasteiger partial charge in [0.2, 0.25) is 0 Å². The van der Waals surface area contributed by atoms with Crippen LogP contribution in [0.5, 0.6) is 0 Å². The highest BCUT2D eigenvalue weighted by molar-refractivity contribution is 7.99. The van der Waals surface area contributed by atoms with Crippen LogP contribution in [0.25, 0.3) is 16.7 Å². The molecule has 0 amide bonds. The van der Waals surface area contributed by atoms with Crippen LogP contribution in [-0.4, -0.2) is 25.5 Å². The van der Waals surface area contributed by atoms with Crippen molar-refractivity contribution in [2.45, 2.75) is 19.0 Å². The predicted molar refractivity (Wildman–Crippen MR) is 80.6 cm³/mol. The van der Waals surface area contributed by atoms with Gasteiger partial charge in [-0.3, -0.25) is 4.79 Å². The number of aryl methyl sites for hydroxylation is 1. The van der Waals surface area contributed by atoms with E-state index >= 15 is 0 Å². The molecule has 0 fully saturated rings. The van der Waals surface area contributed by atoms with E-state index in [1.54, 1.807) is 10.9 Å². The van der Waals surface area contributed by atoms with Crippen LogP contribution in [0, 0.1) is 6.92 Å². The summed E-state index contributed by atoms with van der Waals surface area (Å²) < 4.78 is 1.72. The van der Waals surface area contributed by atoms with Crippen LogP contribution in [0.1, 0.15) is 12.5 Å². The summed E-state index contributed by atoms with van der Waals surface area (Å²) in [6, 6.07) is 7.91. The zero-order chi connectivity index (χ0) is 14.1. The lowest BCUT2D eigenvalue weighted by molar-refractivity contribution is 0.867. The van der Waals surface area contributed by atoms with Gasteiger partial charge < -0.3 is 4.98 Å². The Hall–Kier alpha value is -2.08. The summed E-state index contributed by atoms with van der Waals surface area (Å²) in [6.45, 7) is 4.03. The highest BCUT2D eigenvalue weighted by Crippen LogP contribution is 2.19. The van der Waals surface area contributed by atoms with Gasteiger partial charge in [-0.2, -0.15) is 5.10 Å². The molecule has 3 aromatic rings. The van der Waals surface area contributed by atoms with Gasteiger partial charge in [0.1, 0.15) is 5.39 Å². The first-order valence-electron chi connectivity index (χ1n) is 6.37. The Balaban J connectivity index is 2.27. The second-order valence-corrected chi connectivity index (χ2v) is 5.64. The number of nitrogens with one attached hydrogen (secondary N) is 1. The van der Waals surface area contributed by atoms with Crippen LogP contribution in [0.2, 0.25) is 0 Å². The number of hydrogen-bond acceptors (Lipinski definition) is 4. The molecule has 0 bridgehead atoms. The lowest BCUT2D eigenvalue weighted by Gasteiger charge is -2.06. The highest BCUT2D eigenvalue weighted by atomic mass is 32.2. The largest absolute Gasteiger partial charge is 0.301 e. The second-order valence-electron chi connectivity index (χ2n) is 4.38. The van der Waals surface area contributed by atoms with Crippen molar-refractivity contribution < 1.29 is 0 Å². The molecule has 0 unspecified atom stereocenters. The Bertz CT molecular complexity index is 821. The van der Waals surface area contributed by atoms with E-state index in [2.05, 4.69) is 15.1 Å². The van der Waals surface area contributed by atoms with E-state index in [9.17, 15) is 4.79 Å². The van der Waals surface area contributed by atoms with Gasteiger partial charge >= 0.3 is 0 Å². The van der Waals surface area contributed by atoms with Crippen molar-refractivity contribution in [2.24, 2.45) is 0 Å². The molecule has 0 spiro atoms. The SMILES string of the molecule is CCSc1nc2c(cnn2-c2ccccc2C)c(=O)[nH]1. The molecular weight excluding hydrogens is 272 g/mol. The van der Waals surface area contributed by atoms with Gasteiger partial charge in [-0.1, -0.05) is 36.9 Å². The van der Waals surface area contributed by atoms with Crippen LogP contribution in [-0.2, 0) is 0 Å². The van der Waals surface area contributed by atoms with Gasteiger partial charge in [0.05, 0.1) is 11.9 Å². The smallest absolute Gasteiger partial charge is 0.262 e. The number of rotatable bonds is 3. The zero-order valence-electron chi connectivity index (χ0n) is 11.3. The van der Waals surface area contributed by atoms with Crippen molar-refractivity contribution in [3.8, 4) is 5.69 Å². The van der Waals surface area contributed by atoms with Gasteiger partial charge in [0.15, 0.2) is 10.8 Å². The molecule has 6 heteroatoms. The van der Waals surface area contributed by atoms with Gasteiger partial charge in [0, 0.05) is 0 Å². The number of para-hydroxylation sites is 1. The summed E-state index contributed by atoms with van der Waals surface area (Å²) in [5, 5.41) is 5.45. The van der Waals surface area contributed by atoms with Gasteiger partial charge in [-0.15, -0.1) is 0 Å². The molecule has 0 radical (unpaired) electrons. The first-order chi connectivity index (χ1) is 9.70. The van der Waals surface area contributed by atoms with Crippen molar-refractivity contribution in [3.05, 3.63) is 46.4 Å². The van der Waals surface area contributed by atoms with E-state index in [-0.39, 0.29) is 5.56 Å². The molecule has 1 aromatic carbocycles. The first-order valence-corrected chi connectivity index (χ1v) is 7.36.